The van der Waals surface area contributed by atoms with Crippen molar-refractivity contribution < 1.29 is 9.90 Å². The number of amides is 1. The van der Waals surface area contributed by atoms with Crippen LogP contribution in [0.2, 0.25) is 5.02 Å². The SMILES string of the molecule is CC#CCc1cc(Cl)ccc1N(Cl)C(=O)O. The molecule has 0 aliphatic rings. The minimum absolute atomic E-state index is 0.376. The van der Waals surface area contributed by atoms with E-state index in [2.05, 4.69) is 11.8 Å². The molecular weight excluding hydrogens is 249 g/mol. The topological polar surface area (TPSA) is 40.5 Å². The third kappa shape index (κ3) is 3.06. The van der Waals surface area contributed by atoms with Gasteiger partial charge in [0.1, 0.15) is 0 Å². The largest absolute Gasteiger partial charge is 0.464 e. The summed E-state index contributed by atoms with van der Waals surface area (Å²) in [6.07, 6.45) is -0.835. The first-order chi connectivity index (χ1) is 7.56. The quantitative estimate of drug-likeness (QED) is 0.651. The lowest BCUT2D eigenvalue weighted by atomic mass is 10.1. The number of rotatable bonds is 2. The van der Waals surface area contributed by atoms with Crippen molar-refractivity contribution in [2.75, 3.05) is 4.42 Å². The van der Waals surface area contributed by atoms with Gasteiger partial charge in [-0.2, -0.15) is 4.42 Å². The summed E-state index contributed by atoms with van der Waals surface area (Å²) in [6.45, 7) is 1.71. The zero-order valence-electron chi connectivity index (χ0n) is 8.50. The molecule has 0 spiro atoms. The van der Waals surface area contributed by atoms with Crippen LogP contribution in [0.4, 0.5) is 10.5 Å². The summed E-state index contributed by atoms with van der Waals surface area (Å²) in [5, 5.41) is 9.30. The van der Waals surface area contributed by atoms with Gasteiger partial charge in [0.25, 0.3) is 0 Å². The summed E-state index contributed by atoms with van der Waals surface area (Å²) < 4.78 is 0.628. The van der Waals surface area contributed by atoms with Gasteiger partial charge in [-0.3, -0.25) is 0 Å². The van der Waals surface area contributed by atoms with Crippen molar-refractivity contribution in [2.24, 2.45) is 0 Å². The fourth-order valence-corrected chi connectivity index (χ4v) is 1.53. The second kappa shape index (κ2) is 5.64. The molecule has 0 bridgehead atoms. The van der Waals surface area contributed by atoms with E-state index in [-0.39, 0.29) is 0 Å². The van der Waals surface area contributed by atoms with Gasteiger partial charge in [-0.15, -0.1) is 5.92 Å². The molecule has 0 aliphatic carbocycles. The Bertz CT molecular complexity index is 463. The molecule has 0 aliphatic heterocycles. The molecule has 0 aromatic heterocycles. The summed E-state index contributed by atoms with van der Waals surface area (Å²) in [4.78, 5) is 10.7. The van der Waals surface area contributed by atoms with Gasteiger partial charge in [0.15, 0.2) is 0 Å². The third-order valence-electron chi connectivity index (χ3n) is 1.88. The molecule has 84 valence electrons. The van der Waals surface area contributed by atoms with E-state index in [9.17, 15) is 4.79 Å². The Morgan fingerprint density at radius 1 is 1.56 bits per heavy atom. The molecule has 0 fully saturated rings. The van der Waals surface area contributed by atoms with Crippen LogP contribution in [0.5, 0.6) is 0 Å². The number of hydrogen-bond acceptors (Lipinski definition) is 1. The first-order valence-electron chi connectivity index (χ1n) is 4.43. The number of anilines is 1. The number of nitrogens with zero attached hydrogens (tertiary/aromatic N) is 1. The Hall–Kier alpha value is -1.37. The van der Waals surface area contributed by atoms with Crippen molar-refractivity contribution in [1.29, 1.82) is 0 Å². The molecule has 1 N–H and O–H groups in total. The van der Waals surface area contributed by atoms with Crippen molar-refractivity contribution in [2.45, 2.75) is 13.3 Å². The molecule has 0 unspecified atom stereocenters. The molecule has 1 aromatic carbocycles. The highest BCUT2D eigenvalue weighted by molar-refractivity contribution is 6.35. The van der Waals surface area contributed by atoms with E-state index >= 15 is 0 Å². The standard InChI is InChI=1S/C11H9Cl2NO2/c1-2-3-4-8-7-9(12)5-6-10(8)14(13)11(15)16/h5-7H,4H2,1H3,(H,15,16). The maximum atomic E-state index is 10.7. The number of benzene rings is 1. The molecule has 16 heavy (non-hydrogen) atoms. The monoisotopic (exact) mass is 257 g/mol. The second-order valence-electron chi connectivity index (χ2n) is 2.94. The van der Waals surface area contributed by atoms with E-state index in [4.69, 9.17) is 28.5 Å². The van der Waals surface area contributed by atoms with Gasteiger partial charge in [0, 0.05) is 23.2 Å². The van der Waals surface area contributed by atoms with Gasteiger partial charge >= 0.3 is 6.09 Å². The molecule has 1 amide bonds. The lowest BCUT2D eigenvalue weighted by Crippen LogP contribution is -2.18. The Morgan fingerprint density at radius 2 is 2.25 bits per heavy atom. The van der Waals surface area contributed by atoms with Crippen molar-refractivity contribution in [3.8, 4) is 11.8 Å². The van der Waals surface area contributed by atoms with Crippen LogP contribution < -0.4 is 4.42 Å². The highest BCUT2D eigenvalue weighted by Gasteiger charge is 2.15. The fraction of sp³-hybridized carbons (Fsp3) is 0.182. The average molecular weight is 258 g/mol. The summed E-state index contributed by atoms with van der Waals surface area (Å²) in [5.74, 6) is 5.57. The molecule has 0 radical (unpaired) electrons. The number of carboxylic acid groups (broad SMARTS) is 1. The van der Waals surface area contributed by atoms with E-state index in [0.717, 1.165) is 0 Å². The van der Waals surface area contributed by atoms with Gasteiger partial charge in [-0.05, 0) is 30.7 Å². The van der Waals surface area contributed by atoms with Gasteiger partial charge < -0.3 is 5.11 Å². The van der Waals surface area contributed by atoms with E-state index in [0.29, 0.717) is 27.1 Å². The third-order valence-corrected chi connectivity index (χ3v) is 2.44. The lowest BCUT2D eigenvalue weighted by Gasteiger charge is -2.13. The van der Waals surface area contributed by atoms with Crippen LogP contribution in [-0.4, -0.2) is 11.2 Å². The number of carbonyl (C=O) groups is 1. The second-order valence-corrected chi connectivity index (χ2v) is 3.71. The predicted molar refractivity (Wildman–Crippen MR) is 65.0 cm³/mol. The van der Waals surface area contributed by atoms with Crippen LogP contribution in [0, 0.1) is 11.8 Å². The molecule has 0 atom stereocenters. The highest BCUT2D eigenvalue weighted by atomic mass is 35.5. The molecule has 5 heteroatoms. The Morgan fingerprint density at radius 3 is 2.81 bits per heavy atom. The van der Waals surface area contributed by atoms with Crippen molar-refractivity contribution in [3.63, 3.8) is 0 Å². The van der Waals surface area contributed by atoms with Gasteiger partial charge in [-0.25, -0.2) is 4.79 Å². The molecule has 3 nitrogen and oxygen atoms in total. The molecule has 0 saturated carbocycles. The zero-order chi connectivity index (χ0) is 12.1. The first-order valence-corrected chi connectivity index (χ1v) is 5.14. The molecule has 0 heterocycles. The van der Waals surface area contributed by atoms with Gasteiger partial charge in [0.05, 0.1) is 5.69 Å². The van der Waals surface area contributed by atoms with Crippen molar-refractivity contribution >= 4 is 35.2 Å². The maximum absolute atomic E-state index is 10.7. The average Bonchev–Trinajstić information content (AvgIpc) is 2.25. The van der Waals surface area contributed by atoms with E-state index in [1.807, 2.05) is 0 Å². The molecular formula is C11H9Cl2NO2. The van der Waals surface area contributed by atoms with Crippen LogP contribution in [-0.2, 0) is 6.42 Å². The maximum Gasteiger partial charge on any atom is 0.426 e. The number of halogens is 2. The van der Waals surface area contributed by atoms with Crippen LogP contribution >= 0.6 is 23.4 Å². The van der Waals surface area contributed by atoms with Crippen LogP contribution in [0.15, 0.2) is 18.2 Å². The van der Waals surface area contributed by atoms with E-state index in [1.54, 1.807) is 25.1 Å². The summed E-state index contributed by atoms with van der Waals surface area (Å²) in [5.41, 5.74) is 1.06. The van der Waals surface area contributed by atoms with E-state index in [1.165, 1.54) is 0 Å². The smallest absolute Gasteiger partial charge is 0.426 e. The van der Waals surface area contributed by atoms with Gasteiger partial charge in [0.2, 0.25) is 0 Å². The Balaban J connectivity index is 3.14. The van der Waals surface area contributed by atoms with Gasteiger partial charge in [-0.1, -0.05) is 17.5 Å². The molecule has 1 rings (SSSR count). The summed E-state index contributed by atoms with van der Waals surface area (Å²) >= 11 is 11.4. The minimum atomic E-state index is -1.24. The minimum Gasteiger partial charge on any atom is -0.464 e. The normalized spacial score (nSPS) is 9.19. The lowest BCUT2D eigenvalue weighted by molar-refractivity contribution is 0.206. The molecule has 1 aromatic rings. The molecule has 0 saturated heterocycles. The van der Waals surface area contributed by atoms with Crippen molar-refractivity contribution in [3.05, 3.63) is 28.8 Å². The highest BCUT2D eigenvalue weighted by Crippen LogP contribution is 2.26. The Labute approximate surface area is 104 Å². The van der Waals surface area contributed by atoms with Crippen LogP contribution in [0.1, 0.15) is 12.5 Å². The van der Waals surface area contributed by atoms with Crippen molar-refractivity contribution in [1.82, 2.24) is 0 Å². The number of hydrogen-bond donors (Lipinski definition) is 1. The van der Waals surface area contributed by atoms with Crippen LogP contribution in [0.3, 0.4) is 0 Å². The van der Waals surface area contributed by atoms with E-state index < -0.39 is 6.09 Å². The zero-order valence-corrected chi connectivity index (χ0v) is 10.0. The summed E-state index contributed by atoms with van der Waals surface area (Å²) in [6, 6.07) is 4.79. The summed E-state index contributed by atoms with van der Waals surface area (Å²) in [7, 11) is 0. The Kier molecular flexibility index (Phi) is 4.48. The first kappa shape index (κ1) is 12.7. The predicted octanol–water partition coefficient (Wildman–Crippen LogP) is 3.54. The van der Waals surface area contributed by atoms with Crippen LogP contribution in [0.25, 0.3) is 0 Å². The fourth-order valence-electron chi connectivity index (χ4n) is 1.17.